The normalized spacial score (nSPS) is 10.0. The van der Waals surface area contributed by atoms with Crippen molar-refractivity contribution in [2.24, 2.45) is 0 Å². The molecule has 96 valence electrons. The van der Waals surface area contributed by atoms with Crippen LogP contribution in [-0.4, -0.2) is 12.1 Å². The van der Waals surface area contributed by atoms with Crippen LogP contribution in [0.3, 0.4) is 0 Å². The van der Waals surface area contributed by atoms with E-state index in [0.717, 1.165) is 28.0 Å². The van der Waals surface area contributed by atoms with Crippen molar-refractivity contribution in [2.75, 3.05) is 12.8 Å². The van der Waals surface area contributed by atoms with Gasteiger partial charge in [-0.25, -0.2) is 4.98 Å². The predicted molar refractivity (Wildman–Crippen MR) is 74.8 cm³/mol. The van der Waals surface area contributed by atoms with Gasteiger partial charge in [0.2, 0.25) is 0 Å². The summed E-state index contributed by atoms with van der Waals surface area (Å²) in [5.74, 6) is 0.963. The molecule has 0 aliphatic heterocycles. The second kappa shape index (κ2) is 4.99. The summed E-state index contributed by atoms with van der Waals surface area (Å²) in [6.45, 7) is 4.04. The zero-order valence-corrected chi connectivity index (χ0v) is 11.2. The zero-order valence-electron chi connectivity index (χ0n) is 11.2. The molecule has 0 bridgehead atoms. The topological polar surface area (TPSA) is 71.9 Å². The molecule has 0 fully saturated rings. The average molecular weight is 253 g/mol. The van der Waals surface area contributed by atoms with Crippen LogP contribution in [0.4, 0.5) is 5.82 Å². The van der Waals surface area contributed by atoms with E-state index in [1.165, 1.54) is 0 Å². The van der Waals surface area contributed by atoms with Gasteiger partial charge in [0.15, 0.2) is 0 Å². The van der Waals surface area contributed by atoms with Crippen LogP contribution < -0.4 is 10.5 Å². The Balaban J connectivity index is 2.76. The largest absolute Gasteiger partial charge is 0.496 e. The molecule has 0 aliphatic carbocycles. The Hall–Kier alpha value is -2.54. The van der Waals surface area contributed by atoms with Gasteiger partial charge in [-0.05, 0) is 43.2 Å². The lowest BCUT2D eigenvalue weighted by Crippen LogP contribution is -1.98. The van der Waals surface area contributed by atoms with Crippen molar-refractivity contribution >= 4 is 5.82 Å². The number of nitrogen functional groups attached to an aromatic ring is 1. The second-order valence-electron chi connectivity index (χ2n) is 4.37. The van der Waals surface area contributed by atoms with Gasteiger partial charge in [-0.1, -0.05) is 0 Å². The molecule has 0 radical (unpaired) electrons. The molecule has 4 nitrogen and oxygen atoms in total. The number of methoxy groups -OCH3 is 1. The van der Waals surface area contributed by atoms with E-state index in [9.17, 15) is 5.26 Å². The van der Waals surface area contributed by atoms with E-state index in [1.54, 1.807) is 19.4 Å². The van der Waals surface area contributed by atoms with Gasteiger partial charge in [-0.3, -0.25) is 0 Å². The highest BCUT2D eigenvalue weighted by Gasteiger charge is 2.14. The number of hydrogen-bond donors (Lipinski definition) is 1. The lowest BCUT2D eigenvalue weighted by Gasteiger charge is -2.13. The lowest BCUT2D eigenvalue weighted by atomic mass is 9.96. The minimum atomic E-state index is 0.236. The Morgan fingerprint density at radius 3 is 2.53 bits per heavy atom. The summed E-state index contributed by atoms with van der Waals surface area (Å²) in [7, 11) is 1.62. The van der Waals surface area contributed by atoms with Crippen molar-refractivity contribution in [1.82, 2.24) is 4.98 Å². The molecule has 4 heteroatoms. The number of nitrogens with two attached hydrogens (primary N) is 1. The van der Waals surface area contributed by atoms with E-state index >= 15 is 0 Å². The van der Waals surface area contributed by atoms with Crippen molar-refractivity contribution in [1.29, 1.82) is 5.26 Å². The van der Waals surface area contributed by atoms with Crippen molar-refractivity contribution in [3.05, 3.63) is 41.1 Å². The molecule has 1 aromatic carbocycles. The highest BCUT2D eigenvalue weighted by Crippen LogP contribution is 2.35. The molecule has 0 spiro atoms. The molecule has 19 heavy (non-hydrogen) atoms. The Morgan fingerprint density at radius 1 is 1.21 bits per heavy atom. The number of benzene rings is 1. The zero-order chi connectivity index (χ0) is 14.0. The van der Waals surface area contributed by atoms with Crippen molar-refractivity contribution in [2.45, 2.75) is 13.8 Å². The molecule has 1 aromatic heterocycles. The van der Waals surface area contributed by atoms with Gasteiger partial charge in [-0.15, -0.1) is 0 Å². The molecule has 0 atom stereocenters. The fourth-order valence-electron chi connectivity index (χ4n) is 1.99. The first-order chi connectivity index (χ1) is 9.08. The molecule has 2 rings (SSSR count). The van der Waals surface area contributed by atoms with E-state index in [2.05, 4.69) is 11.1 Å². The summed E-state index contributed by atoms with van der Waals surface area (Å²) in [4.78, 5) is 3.95. The second-order valence-corrected chi connectivity index (χ2v) is 4.37. The first kappa shape index (κ1) is 12.9. The number of rotatable bonds is 2. The van der Waals surface area contributed by atoms with Crippen LogP contribution in [0.15, 0.2) is 24.4 Å². The summed E-state index contributed by atoms with van der Waals surface area (Å²) in [5, 5.41) is 9.24. The summed E-state index contributed by atoms with van der Waals surface area (Å²) in [6.07, 6.45) is 1.60. The molecule has 0 saturated carbocycles. The Labute approximate surface area is 112 Å². The van der Waals surface area contributed by atoms with Crippen molar-refractivity contribution in [3.63, 3.8) is 0 Å². The molecule has 0 aliphatic rings. The predicted octanol–water partition coefficient (Wildman–Crippen LogP) is 2.83. The summed E-state index contributed by atoms with van der Waals surface area (Å²) >= 11 is 0. The smallest absolute Gasteiger partial charge is 0.141 e. The van der Waals surface area contributed by atoms with E-state index in [4.69, 9.17) is 10.5 Å². The van der Waals surface area contributed by atoms with Crippen LogP contribution in [0.5, 0.6) is 5.75 Å². The molecule has 0 saturated heterocycles. The number of pyridine rings is 1. The van der Waals surface area contributed by atoms with Crippen LogP contribution in [0.25, 0.3) is 11.1 Å². The third kappa shape index (κ3) is 2.23. The summed E-state index contributed by atoms with van der Waals surface area (Å²) in [6, 6.07) is 7.85. The molecule has 1 heterocycles. The Kier molecular flexibility index (Phi) is 3.39. The molecule has 2 aromatic rings. The third-order valence-electron chi connectivity index (χ3n) is 3.20. The molecule has 0 amide bonds. The van der Waals surface area contributed by atoms with E-state index in [1.807, 2.05) is 26.0 Å². The van der Waals surface area contributed by atoms with Gasteiger partial charge in [0.1, 0.15) is 23.2 Å². The SMILES string of the molecule is COc1cc(C)c(C)cc1-c1ccnc(N)c1C#N. The fraction of sp³-hybridized carbons (Fsp3) is 0.200. The maximum absolute atomic E-state index is 9.24. The first-order valence-corrected chi connectivity index (χ1v) is 5.88. The van der Waals surface area contributed by atoms with Gasteiger partial charge >= 0.3 is 0 Å². The third-order valence-corrected chi connectivity index (χ3v) is 3.20. The van der Waals surface area contributed by atoms with E-state index in [0.29, 0.717) is 5.56 Å². The lowest BCUT2D eigenvalue weighted by molar-refractivity contribution is 0.416. The summed E-state index contributed by atoms with van der Waals surface area (Å²) < 4.78 is 5.40. The van der Waals surface area contributed by atoms with Crippen molar-refractivity contribution < 1.29 is 4.74 Å². The summed E-state index contributed by atoms with van der Waals surface area (Å²) in [5.41, 5.74) is 10.0. The van der Waals surface area contributed by atoms with Gasteiger partial charge in [0.25, 0.3) is 0 Å². The standard InChI is InChI=1S/C15H15N3O/c1-9-6-12(14(19-3)7-10(9)2)11-4-5-18-15(17)13(11)8-16/h4-7H,1-3H3,(H2,17,18). The number of anilines is 1. The van der Waals surface area contributed by atoms with Gasteiger partial charge in [0, 0.05) is 17.3 Å². The van der Waals surface area contributed by atoms with E-state index < -0.39 is 0 Å². The van der Waals surface area contributed by atoms with Gasteiger partial charge in [0.05, 0.1) is 7.11 Å². The van der Waals surface area contributed by atoms with Crippen LogP contribution in [-0.2, 0) is 0 Å². The maximum atomic E-state index is 9.24. The minimum Gasteiger partial charge on any atom is -0.496 e. The van der Waals surface area contributed by atoms with Crippen LogP contribution in [0.1, 0.15) is 16.7 Å². The minimum absolute atomic E-state index is 0.236. The molecule has 0 unspecified atom stereocenters. The number of ether oxygens (including phenoxy) is 1. The number of aryl methyl sites for hydroxylation is 2. The number of aromatic nitrogens is 1. The van der Waals surface area contributed by atoms with Gasteiger partial charge in [-0.2, -0.15) is 5.26 Å². The average Bonchev–Trinajstić information content (AvgIpc) is 2.41. The Morgan fingerprint density at radius 2 is 1.89 bits per heavy atom. The monoisotopic (exact) mass is 253 g/mol. The molecular weight excluding hydrogens is 238 g/mol. The van der Waals surface area contributed by atoms with Crippen LogP contribution in [0, 0.1) is 25.2 Å². The number of hydrogen-bond acceptors (Lipinski definition) is 4. The van der Waals surface area contributed by atoms with Crippen LogP contribution >= 0.6 is 0 Å². The quantitative estimate of drug-likeness (QED) is 0.893. The van der Waals surface area contributed by atoms with Crippen LogP contribution in [0.2, 0.25) is 0 Å². The molecule has 2 N–H and O–H groups in total. The Bertz CT molecular complexity index is 672. The highest BCUT2D eigenvalue weighted by molar-refractivity contribution is 5.79. The maximum Gasteiger partial charge on any atom is 0.141 e. The van der Waals surface area contributed by atoms with Crippen molar-refractivity contribution in [3.8, 4) is 22.9 Å². The first-order valence-electron chi connectivity index (χ1n) is 5.88. The van der Waals surface area contributed by atoms with Gasteiger partial charge < -0.3 is 10.5 Å². The molecular formula is C15H15N3O. The fourth-order valence-corrected chi connectivity index (χ4v) is 1.99. The van der Waals surface area contributed by atoms with E-state index in [-0.39, 0.29) is 5.82 Å². The highest BCUT2D eigenvalue weighted by atomic mass is 16.5. The number of nitrogens with zero attached hydrogens (tertiary/aromatic N) is 2. The number of nitriles is 1.